The molecule has 0 atom stereocenters. The molecule has 4 N–H and O–H groups in total. The van der Waals surface area contributed by atoms with Crippen LogP contribution in [-0.4, -0.2) is 21.7 Å². The zero-order valence-corrected chi connectivity index (χ0v) is 9.85. The largest absolute Gasteiger partial charge is 0.398 e. The Morgan fingerprint density at radius 2 is 2.33 bits per heavy atom. The van der Waals surface area contributed by atoms with Crippen LogP contribution in [0.15, 0.2) is 24.5 Å². The Hall–Kier alpha value is -2.55. The summed E-state index contributed by atoms with van der Waals surface area (Å²) in [6.45, 7) is 0.812. The Balaban J connectivity index is 1.80. The van der Waals surface area contributed by atoms with Gasteiger partial charge in [-0.25, -0.2) is 4.98 Å². The third-order valence-electron chi connectivity index (χ3n) is 2.56. The summed E-state index contributed by atoms with van der Waals surface area (Å²) in [6.07, 6.45) is 3.29. The van der Waals surface area contributed by atoms with Crippen molar-refractivity contribution in [1.82, 2.24) is 15.2 Å². The van der Waals surface area contributed by atoms with Gasteiger partial charge in [0.25, 0.3) is 0 Å². The Kier molecular flexibility index (Phi) is 3.76. The first-order valence-electron chi connectivity index (χ1n) is 5.67. The molecule has 0 aliphatic heterocycles. The van der Waals surface area contributed by atoms with Crippen LogP contribution in [0, 0.1) is 11.3 Å². The van der Waals surface area contributed by atoms with E-state index in [1.54, 1.807) is 12.1 Å². The number of H-pyrrole nitrogens is 1. The van der Waals surface area contributed by atoms with E-state index in [9.17, 15) is 0 Å². The van der Waals surface area contributed by atoms with Gasteiger partial charge in [-0.2, -0.15) is 10.4 Å². The lowest BCUT2D eigenvalue weighted by Crippen LogP contribution is -2.04. The highest BCUT2D eigenvalue weighted by Gasteiger charge is 2.00. The highest BCUT2D eigenvalue weighted by molar-refractivity contribution is 5.62. The number of nitrogens with zero attached hydrogens (tertiary/aromatic N) is 3. The molecule has 0 unspecified atom stereocenters. The molecule has 1 heterocycles. The first-order valence-corrected chi connectivity index (χ1v) is 5.67. The van der Waals surface area contributed by atoms with Crippen molar-refractivity contribution in [3.8, 4) is 6.07 Å². The number of hydrogen-bond acceptors (Lipinski definition) is 5. The molecular weight excluding hydrogens is 228 g/mol. The molecule has 6 heteroatoms. The first-order chi connectivity index (χ1) is 8.79. The van der Waals surface area contributed by atoms with Gasteiger partial charge in [0, 0.05) is 18.7 Å². The lowest BCUT2D eigenvalue weighted by molar-refractivity contribution is 0.806. The van der Waals surface area contributed by atoms with Crippen LogP contribution >= 0.6 is 0 Å². The minimum atomic E-state index is 0.498. The van der Waals surface area contributed by atoms with Gasteiger partial charge in [0.15, 0.2) is 0 Å². The van der Waals surface area contributed by atoms with Crippen molar-refractivity contribution in [3.05, 3.63) is 35.9 Å². The summed E-state index contributed by atoms with van der Waals surface area (Å²) in [5.41, 5.74) is 7.65. The lowest BCUT2D eigenvalue weighted by atomic mass is 10.2. The number of nitrogens with one attached hydrogen (secondary N) is 2. The van der Waals surface area contributed by atoms with Crippen LogP contribution in [0.5, 0.6) is 0 Å². The zero-order valence-electron chi connectivity index (χ0n) is 9.85. The molecule has 1 aromatic carbocycles. The average Bonchev–Trinajstić information content (AvgIpc) is 2.88. The molecule has 2 aromatic rings. The second-order valence-electron chi connectivity index (χ2n) is 3.88. The predicted octanol–water partition coefficient (Wildman–Crippen LogP) is 1.30. The van der Waals surface area contributed by atoms with Crippen molar-refractivity contribution in [2.45, 2.75) is 12.8 Å². The Labute approximate surface area is 105 Å². The topological polar surface area (TPSA) is 103 Å². The van der Waals surface area contributed by atoms with Crippen LogP contribution in [0.1, 0.15) is 17.8 Å². The van der Waals surface area contributed by atoms with E-state index < -0.39 is 0 Å². The highest BCUT2D eigenvalue weighted by Crippen LogP contribution is 2.16. The van der Waals surface area contributed by atoms with Gasteiger partial charge in [-0.15, -0.1) is 0 Å². The SMILES string of the molecule is N#Cc1ccc(NCCCc2ncn[nH]2)cc1N. The van der Waals surface area contributed by atoms with Gasteiger partial charge >= 0.3 is 0 Å². The third-order valence-corrected chi connectivity index (χ3v) is 2.56. The van der Waals surface area contributed by atoms with E-state index in [1.807, 2.05) is 12.1 Å². The fourth-order valence-electron chi connectivity index (χ4n) is 1.61. The molecule has 0 saturated carbocycles. The van der Waals surface area contributed by atoms with Crippen LogP contribution in [-0.2, 0) is 6.42 Å². The van der Waals surface area contributed by atoms with Gasteiger partial charge in [0.2, 0.25) is 0 Å². The molecule has 2 rings (SSSR count). The first kappa shape index (κ1) is 11.9. The molecule has 6 nitrogen and oxygen atoms in total. The maximum absolute atomic E-state index is 8.76. The minimum Gasteiger partial charge on any atom is -0.398 e. The quantitative estimate of drug-likeness (QED) is 0.541. The fourth-order valence-corrected chi connectivity index (χ4v) is 1.61. The zero-order chi connectivity index (χ0) is 12.8. The number of benzene rings is 1. The Bertz CT molecular complexity index is 540. The van der Waals surface area contributed by atoms with E-state index >= 15 is 0 Å². The number of aromatic nitrogens is 3. The molecule has 18 heavy (non-hydrogen) atoms. The van der Waals surface area contributed by atoms with E-state index in [0.717, 1.165) is 30.9 Å². The molecule has 0 saturated heterocycles. The normalized spacial score (nSPS) is 9.94. The van der Waals surface area contributed by atoms with E-state index in [0.29, 0.717) is 11.3 Å². The summed E-state index contributed by atoms with van der Waals surface area (Å²) in [4.78, 5) is 4.05. The molecule has 1 aromatic heterocycles. The lowest BCUT2D eigenvalue weighted by Gasteiger charge is -2.07. The van der Waals surface area contributed by atoms with Gasteiger partial charge in [0.05, 0.1) is 11.3 Å². The van der Waals surface area contributed by atoms with E-state index in [2.05, 4.69) is 20.5 Å². The molecule has 0 aliphatic rings. The van der Waals surface area contributed by atoms with Crippen LogP contribution in [0.4, 0.5) is 11.4 Å². The maximum Gasteiger partial charge on any atom is 0.137 e. The van der Waals surface area contributed by atoms with Gasteiger partial charge < -0.3 is 11.1 Å². The van der Waals surface area contributed by atoms with Crippen molar-refractivity contribution in [1.29, 1.82) is 5.26 Å². The van der Waals surface area contributed by atoms with Crippen molar-refractivity contribution in [2.24, 2.45) is 0 Å². The average molecular weight is 242 g/mol. The summed E-state index contributed by atoms with van der Waals surface area (Å²) in [5, 5.41) is 18.6. The van der Waals surface area contributed by atoms with E-state index in [-0.39, 0.29) is 0 Å². The smallest absolute Gasteiger partial charge is 0.137 e. The number of hydrogen-bond donors (Lipinski definition) is 3. The molecule has 92 valence electrons. The predicted molar refractivity (Wildman–Crippen MR) is 68.8 cm³/mol. The molecular formula is C12H14N6. The van der Waals surface area contributed by atoms with Crippen LogP contribution in [0.2, 0.25) is 0 Å². The Morgan fingerprint density at radius 3 is 3.00 bits per heavy atom. The van der Waals surface area contributed by atoms with Crippen molar-refractivity contribution < 1.29 is 0 Å². The Morgan fingerprint density at radius 1 is 1.44 bits per heavy atom. The third kappa shape index (κ3) is 2.98. The van der Waals surface area contributed by atoms with Gasteiger partial charge in [-0.3, -0.25) is 5.10 Å². The van der Waals surface area contributed by atoms with Crippen LogP contribution in [0.3, 0.4) is 0 Å². The second-order valence-corrected chi connectivity index (χ2v) is 3.88. The summed E-state index contributed by atoms with van der Waals surface area (Å²) < 4.78 is 0. The number of aromatic amines is 1. The van der Waals surface area contributed by atoms with E-state index in [4.69, 9.17) is 11.0 Å². The monoisotopic (exact) mass is 242 g/mol. The number of nitriles is 1. The minimum absolute atomic E-state index is 0.498. The maximum atomic E-state index is 8.76. The van der Waals surface area contributed by atoms with Crippen LogP contribution in [0.25, 0.3) is 0 Å². The summed E-state index contributed by atoms with van der Waals surface area (Å²) in [6, 6.07) is 7.37. The number of rotatable bonds is 5. The summed E-state index contributed by atoms with van der Waals surface area (Å²) in [7, 11) is 0. The summed E-state index contributed by atoms with van der Waals surface area (Å²) in [5.74, 6) is 0.885. The molecule has 0 fully saturated rings. The number of aryl methyl sites for hydroxylation is 1. The van der Waals surface area contributed by atoms with Crippen LogP contribution < -0.4 is 11.1 Å². The highest BCUT2D eigenvalue weighted by atomic mass is 15.2. The molecule has 0 amide bonds. The van der Waals surface area contributed by atoms with E-state index in [1.165, 1.54) is 6.33 Å². The van der Waals surface area contributed by atoms with Crippen molar-refractivity contribution >= 4 is 11.4 Å². The van der Waals surface area contributed by atoms with Gasteiger partial charge in [-0.05, 0) is 24.6 Å². The van der Waals surface area contributed by atoms with Gasteiger partial charge in [0.1, 0.15) is 18.2 Å². The standard InChI is InChI=1S/C12H14N6/c13-7-9-3-4-10(6-11(9)14)15-5-1-2-12-16-8-17-18-12/h3-4,6,8,15H,1-2,5,14H2,(H,16,17,18). The molecule has 0 radical (unpaired) electrons. The fraction of sp³-hybridized carbons (Fsp3) is 0.250. The van der Waals surface area contributed by atoms with Crippen molar-refractivity contribution in [2.75, 3.05) is 17.6 Å². The second kappa shape index (κ2) is 5.68. The summed E-state index contributed by atoms with van der Waals surface area (Å²) >= 11 is 0. The molecule has 0 spiro atoms. The van der Waals surface area contributed by atoms with Crippen molar-refractivity contribution in [3.63, 3.8) is 0 Å². The molecule has 0 aliphatic carbocycles. The molecule has 0 bridgehead atoms. The number of nitrogens with two attached hydrogens (primary N) is 1. The number of anilines is 2. The number of nitrogen functional groups attached to an aromatic ring is 1. The van der Waals surface area contributed by atoms with Gasteiger partial charge in [-0.1, -0.05) is 0 Å².